The van der Waals surface area contributed by atoms with Crippen LogP contribution in [-0.2, 0) is 4.74 Å². The van der Waals surface area contributed by atoms with Crippen molar-refractivity contribution >= 4 is 6.16 Å². The number of methoxy groups -OCH3 is 1. The van der Waals surface area contributed by atoms with E-state index >= 15 is 0 Å². The molecule has 5 nitrogen and oxygen atoms in total. The summed E-state index contributed by atoms with van der Waals surface area (Å²) in [5, 5.41) is 13.9. The van der Waals surface area contributed by atoms with E-state index in [1.54, 1.807) is 7.11 Å². The van der Waals surface area contributed by atoms with Crippen molar-refractivity contribution in [1.82, 2.24) is 0 Å². The molecule has 1 atom stereocenters. The Hall–Kier alpha value is -0.810. The van der Waals surface area contributed by atoms with E-state index in [2.05, 4.69) is 4.74 Å². The summed E-state index contributed by atoms with van der Waals surface area (Å²) in [5.74, 6) is 0. The van der Waals surface area contributed by atoms with E-state index in [1.807, 2.05) is 6.92 Å². The van der Waals surface area contributed by atoms with Gasteiger partial charge in [-0.15, -0.1) is 0 Å². The van der Waals surface area contributed by atoms with Gasteiger partial charge in [0.25, 0.3) is 0 Å². The van der Waals surface area contributed by atoms with E-state index in [9.17, 15) is 0 Å². The first-order valence-electron chi connectivity index (χ1n) is 2.67. The molecule has 0 aliphatic rings. The zero-order valence-electron chi connectivity index (χ0n) is 6.07. The number of carboxylic acid groups (broad SMARTS) is 2. The summed E-state index contributed by atoms with van der Waals surface area (Å²) in [4.78, 5) is 8.56. The van der Waals surface area contributed by atoms with E-state index in [0.717, 1.165) is 0 Å². The Morgan fingerprint density at radius 3 is 2.00 bits per heavy atom. The van der Waals surface area contributed by atoms with Gasteiger partial charge in [0, 0.05) is 13.2 Å². The van der Waals surface area contributed by atoms with E-state index < -0.39 is 6.16 Å². The van der Waals surface area contributed by atoms with E-state index in [1.165, 1.54) is 0 Å². The number of hydrogen-bond donors (Lipinski definition) is 3. The molecule has 0 aromatic rings. The maximum absolute atomic E-state index is 8.56. The van der Waals surface area contributed by atoms with Crippen LogP contribution in [0.1, 0.15) is 6.92 Å². The first-order chi connectivity index (χ1) is 4.50. The van der Waals surface area contributed by atoms with Crippen molar-refractivity contribution < 1.29 is 19.7 Å². The van der Waals surface area contributed by atoms with Gasteiger partial charge in [-0.3, -0.25) is 0 Å². The van der Waals surface area contributed by atoms with Crippen LogP contribution in [0, 0.1) is 0 Å². The standard InChI is InChI=1S/C4H11NO.CH2O3/c1-4(5)3-6-2;2-1(3)4/h4H,3,5H2,1-2H3;(H2,2,3,4). The van der Waals surface area contributed by atoms with Gasteiger partial charge in [-0.05, 0) is 6.92 Å². The van der Waals surface area contributed by atoms with Crippen LogP contribution < -0.4 is 5.73 Å². The van der Waals surface area contributed by atoms with Crippen molar-refractivity contribution in [3.63, 3.8) is 0 Å². The fourth-order valence-electron chi connectivity index (χ4n) is 0.263. The lowest BCUT2D eigenvalue weighted by Gasteiger charge is -1.98. The van der Waals surface area contributed by atoms with Gasteiger partial charge in [0.2, 0.25) is 0 Å². The molecule has 0 rings (SSSR count). The third kappa shape index (κ3) is 57.4. The van der Waals surface area contributed by atoms with Crippen molar-refractivity contribution in [2.75, 3.05) is 13.7 Å². The van der Waals surface area contributed by atoms with Crippen LogP contribution in [0.2, 0.25) is 0 Å². The SMILES string of the molecule is COCC(C)N.O=C(O)O. The minimum Gasteiger partial charge on any atom is -0.450 e. The summed E-state index contributed by atoms with van der Waals surface area (Å²) in [6, 6.07) is 0.176. The quantitative estimate of drug-likeness (QED) is 0.524. The number of hydrogen-bond acceptors (Lipinski definition) is 3. The second-order valence-corrected chi connectivity index (χ2v) is 1.72. The fraction of sp³-hybridized carbons (Fsp3) is 0.800. The smallest absolute Gasteiger partial charge is 0.450 e. The van der Waals surface area contributed by atoms with Gasteiger partial charge in [0.1, 0.15) is 0 Å². The number of nitrogens with two attached hydrogens (primary N) is 1. The van der Waals surface area contributed by atoms with Crippen LogP contribution >= 0.6 is 0 Å². The average molecular weight is 151 g/mol. The lowest BCUT2D eigenvalue weighted by atomic mass is 10.4. The Morgan fingerprint density at radius 2 is 2.00 bits per heavy atom. The maximum atomic E-state index is 8.56. The molecular weight excluding hydrogens is 138 g/mol. The molecule has 5 heteroatoms. The van der Waals surface area contributed by atoms with Crippen LogP contribution in [0.4, 0.5) is 4.79 Å². The second kappa shape index (κ2) is 8.19. The molecule has 0 fully saturated rings. The van der Waals surface area contributed by atoms with Crippen molar-refractivity contribution in [2.24, 2.45) is 5.73 Å². The van der Waals surface area contributed by atoms with E-state index in [0.29, 0.717) is 6.61 Å². The van der Waals surface area contributed by atoms with Crippen LogP contribution in [0.3, 0.4) is 0 Å². The van der Waals surface area contributed by atoms with Crippen molar-refractivity contribution in [1.29, 1.82) is 0 Å². The first kappa shape index (κ1) is 11.9. The molecule has 62 valence electrons. The van der Waals surface area contributed by atoms with Gasteiger partial charge in [-0.1, -0.05) is 0 Å². The maximum Gasteiger partial charge on any atom is 0.503 e. The molecular formula is C5H13NO4. The van der Waals surface area contributed by atoms with Gasteiger partial charge in [-0.2, -0.15) is 0 Å². The Bertz CT molecular complexity index is 79.7. The third-order valence-electron chi connectivity index (χ3n) is 0.430. The van der Waals surface area contributed by atoms with Crippen LogP contribution in [0.15, 0.2) is 0 Å². The Labute approximate surface area is 59.4 Å². The molecule has 0 aromatic heterocycles. The highest BCUT2D eigenvalue weighted by atomic mass is 16.6. The first-order valence-corrected chi connectivity index (χ1v) is 2.67. The average Bonchev–Trinajstić information content (AvgIpc) is 1.62. The molecule has 0 heterocycles. The normalized spacial score (nSPS) is 11.1. The molecule has 4 N–H and O–H groups in total. The van der Waals surface area contributed by atoms with Crippen molar-refractivity contribution in [3.8, 4) is 0 Å². The minimum atomic E-state index is -1.83. The molecule has 0 spiro atoms. The predicted molar refractivity (Wildman–Crippen MR) is 36.2 cm³/mol. The predicted octanol–water partition coefficient (Wildman–Crippen LogP) is 0.202. The molecule has 0 radical (unpaired) electrons. The summed E-state index contributed by atoms with van der Waals surface area (Å²) in [6.45, 7) is 2.56. The third-order valence-corrected chi connectivity index (χ3v) is 0.430. The zero-order valence-corrected chi connectivity index (χ0v) is 6.07. The molecule has 1 unspecified atom stereocenters. The second-order valence-electron chi connectivity index (χ2n) is 1.72. The minimum absolute atomic E-state index is 0.176. The Kier molecular flexibility index (Phi) is 9.77. The highest BCUT2D eigenvalue weighted by Crippen LogP contribution is 1.71. The molecule has 0 amide bonds. The monoisotopic (exact) mass is 151 g/mol. The van der Waals surface area contributed by atoms with Crippen LogP contribution in [-0.4, -0.2) is 36.1 Å². The van der Waals surface area contributed by atoms with Gasteiger partial charge in [0.05, 0.1) is 6.61 Å². The zero-order chi connectivity index (χ0) is 8.57. The largest absolute Gasteiger partial charge is 0.503 e. The van der Waals surface area contributed by atoms with Crippen molar-refractivity contribution in [2.45, 2.75) is 13.0 Å². The molecule has 0 aromatic carbocycles. The van der Waals surface area contributed by atoms with E-state index in [-0.39, 0.29) is 6.04 Å². The lowest BCUT2D eigenvalue weighted by molar-refractivity contribution is 0.137. The van der Waals surface area contributed by atoms with Gasteiger partial charge >= 0.3 is 6.16 Å². The van der Waals surface area contributed by atoms with Crippen molar-refractivity contribution in [3.05, 3.63) is 0 Å². The molecule has 0 aliphatic carbocycles. The summed E-state index contributed by atoms with van der Waals surface area (Å²) in [6.07, 6.45) is -1.83. The summed E-state index contributed by atoms with van der Waals surface area (Å²) in [7, 11) is 1.64. The summed E-state index contributed by atoms with van der Waals surface area (Å²) in [5.41, 5.74) is 5.28. The molecule has 10 heavy (non-hydrogen) atoms. The molecule has 0 bridgehead atoms. The summed E-state index contributed by atoms with van der Waals surface area (Å²) >= 11 is 0. The highest BCUT2D eigenvalue weighted by Gasteiger charge is 1.85. The number of carbonyl (C=O) groups is 1. The molecule has 0 saturated carbocycles. The number of ether oxygens (including phenoxy) is 1. The molecule has 0 aliphatic heterocycles. The molecule has 0 saturated heterocycles. The van der Waals surface area contributed by atoms with E-state index in [4.69, 9.17) is 20.7 Å². The topological polar surface area (TPSA) is 92.8 Å². The van der Waals surface area contributed by atoms with Crippen LogP contribution in [0.5, 0.6) is 0 Å². The van der Waals surface area contributed by atoms with Gasteiger partial charge in [-0.25, -0.2) is 4.79 Å². The van der Waals surface area contributed by atoms with Gasteiger partial charge in [0.15, 0.2) is 0 Å². The summed E-state index contributed by atoms with van der Waals surface area (Å²) < 4.78 is 4.68. The van der Waals surface area contributed by atoms with Gasteiger partial charge < -0.3 is 20.7 Å². The highest BCUT2D eigenvalue weighted by molar-refractivity contribution is 5.53. The van der Waals surface area contributed by atoms with Crippen LogP contribution in [0.25, 0.3) is 0 Å². The Balaban J connectivity index is 0. The lowest BCUT2D eigenvalue weighted by Crippen LogP contribution is -2.20. The Morgan fingerprint density at radius 1 is 1.70 bits per heavy atom. The fourth-order valence-corrected chi connectivity index (χ4v) is 0.263. The number of rotatable bonds is 2.